The van der Waals surface area contributed by atoms with E-state index in [-0.39, 0.29) is 12.6 Å². The van der Waals surface area contributed by atoms with Gasteiger partial charge in [0.15, 0.2) is 0 Å². The number of carbonyl (C=O) groups is 1. The smallest absolute Gasteiger partial charge is 0.323 e. The summed E-state index contributed by atoms with van der Waals surface area (Å²) in [5, 5.41) is 9.33. The molecule has 0 aliphatic carbocycles. The third-order valence-electron chi connectivity index (χ3n) is 4.06. The summed E-state index contributed by atoms with van der Waals surface area (Å²) < 4.78 is 5.30. The molecule has 1 aromatic carbocycles. The zero-order valence-electron chi connectivity index (χ0n) is 13.1. The molecule has 1 saturated heterocycles. The third-order valence-corrected chi connectivity index (χ3v) is 4.06. The van der Waals surface area contributed by atoms with Gasteiger partial charge in [-0.3, -0.25) is 9.69 Å². The molecule has 0 spiro atoms. The monoisotopic (exact) mass is 291 g/mol. The van der Waals surface area contributed by atoms with Gasteiger partial charge in [-0.1, -0.05) is 38.1 Å². The van der Waals surface area contributed by atoms with Crippen LogP contribution in [0.5, 0.6) is 0 Å². The number of benzene rings is 1. The van der Waals surface area contributed by atoms with Crippen molar-refractivity contribution in [3.8, 4) is 0 Å². The Morgan fingerprint density at radius 2 is 2.00 bits per heavy atom. The molecule has 1 heterocycles. The summed E-state index contributed by atoms with van der Waals surface area (Å²) in [7, 11) is 0. The number of hydrogen-bond donors (Lipinski definition) is 1. The molecule has 21 heavy (non-hydrogen) atoms. The van der Waals surface area contributed by atoms with Gasteiger partial charge in [-0.25, -0.2) is 0 Å². The molecule has 0 aromatic heterocycles. The molecule has 0 amide bonds. The Kier molecular flexibility index (Phi) is 5.37. The van der Waals surface area contributed by atoms with E-state index in [2.05, 4.69) is 45.0 Å². The van der Waals surface area contributed by atoms with Crippen molar-refractivity contribution in [1.82, 2.24) is 4.90 Å². The number of carboxylic acids is 1. The van der Waals surface area contributed by atoms with Crippen LogP contribution in [-0.4, -0.2) is 41.8 Å². The molecular weight excluding hydrogens is 266 g/mol. The van der Waals surface area contributed by atoms with Crippen LogP contribution < -0.4 is 0 Å². The normalized spacial score (nSPS) is 21.4. The maximum atomic E-state index is 11.4. The molecule has 0 saturated carbocycles. The largest absolute Gasteiger partial charge is 0.480 e. The highest BCUT2D eigenvalue weighted by atomic mass is 16.5. The minimum atomic E-state index is -0.807. The van der Waals surface area contributed by atoms with Crippen LogP contribution >= 0.6 is 0 Å². The van der Waals surface area contributed by atoms with Gasteiger partial charge in [0.05, 0.1) is 13.2 Å². The second kappa shape index (κ2) is 7.05. The van der Waals surface area contributed by atoms with E-state index in [0.717, 1.165) is 12.0 Å². The minimum absolute atomic E-state index is 0.0862. The van der Waals surface area contributed by atoms with Crippen LogP contribution in [0.3, 0.4) is 0 Å². The standard InChI is InChI=1S/C17H25NO3/c1-12(2)10-14-4-6-15(7-5-14)13(3)18-8-9-21-11-16(18)17(19)20/h4-7,12-13,16H,8-11H2,1-3H3,(H,19,20). The molecule has 1 N–H and O–H groups in total. The molecule has 1 aromatic rings. The van der Waals surface area contributed by atoms with E-state index in [1.807, 2.05) is 4.90 Å². The SMILES string of the molecule is CC(C)Cc1ccc(C(C)N2CCOCC2C(=O)O)cc1. The van der Waals surface area contributed by atoms with Crippen LogP contribution in [0.1, 0.15) is 37.9 Å². The summed E-state index contributed by atoms with van der Waals surface area (Å²) in [5.74, 6) is -0.165. The van der Waals surface area contributed by atoms with Gasteiger partial charge >= 0.3 is 5.97 Å². The lowest BCUT2D eigenvalue weighted by Crippen LogP contribution is -2.50. The Bertz CT molecular complexity index is 469. The Labute approximate surface area is 126 Å². The molecule has 1 fully saturated rings. The highest BCUT2D eigenvalue weighted by molar-refractivity contribution is 5.73. The molecule has 0 radical (unpaired) electrons. The van der Waals surface area contributed by atoms with E-state index in [9.17, 15) is 9.90 Å². The second-order valence-corrected chi connectivity index (χ2v) is 6.18. The Hall–Kier alpha value is -1.39. The van der Waals surface area contributed by atoms with Crippen LogP contribution in [0.25, 0.3) is 0 Å². The summed E-state index contributed by atoms with van der Waals surface area (Å²) in [6.45, 7) is 8.01. The summed E-state index contributed by atoms with van der Waals surface area (Å²) in [5.41, 5.74) is 2.49. The van der Waals surface area contributed by atoms with E-state index in [1.165, 1.54) is 5.56 Å². The number of ether oxygens (including phenoxy) is 1. The predicted octanol–water partition coefficient (Wildman–Crippen LogP) is 2.73. The number of rotatable bonds is 5. The van der Waals surface area contributed by atoms with E-state index in [0.29, 0.717) is 19.1 Å². The highest BCUT2D eigenvalue weighted by Crippen LogP contribution is 2.25. The summed E-state index contributed by atoms with van der Waals surface area (Å²) in [6.07, 6.45) is 1.07. The van der Waals surface area contributed by atoms with Crippen LogP contribution in [0, 0.1) is 5.92 Å². The second-order valence-electron chi connectivity index (χ2n) is 6.18. The summed E-state index contributed by atoms with van der Waals surface area (Å²) >= 11 is 0. The molecule has 4 heteroatoms. The minimum Gasteiger partial charge on any atom is -0.480 e. The zero-order valence-corrected chi connectivity index (χ0v) is 13.1. The van der Waals surface area contributed by atoms with Crippen molar-refractivity contribution in [3.05, 3.63) is 35.4 Å². The van der Waals surface area contributed by atoms with E-state index < -0.39 is 12.0 Å². The van der Waals surface area contributed by atoms with Gasteiger partial charge in [-0.05, 0) is 30.4 Å². The Balaban J connectivity index is 2.10. The van der Waals surface area contributed by atoms with E-state index >= 15 is 0 Å². The van der Waals surface area contributed by atoms with Crippen LogP contribution in [0.4, 0.5) is 0 Å². The number of carboxylic acid groups (broad SMARTS) is 1. The fourth-order valence-electron chi connectivity index (χ4n) is 2.89. The average molecular weight is 291 g/mol. The average Bonchev–Trinajstić information content (AvgIpc) is 2.46. The Morgan fingerprint density at radius 1 is 1.33 bits per heavy atom. The predicted molar refractivity (Wildman–Crippen MR) is 82.3 cm³/mol. The quantitative estimate of drug-likeness (QED) is 0.906. The molecule has 2 atom stereocenters. The topological polar surface area (TPSA) is 49.8 Å². The number of nitrogens with zero attached hydrogens (tertiary/aromatic N) is 1. The molecule has 1 aliphatic heterocycles. The highest BCUT2D eigenvalue weighted by Gasteiger charge is 2.32. The lowest BCUT2D eigenvalue weighted by molar-refractivity contribution is -0.151. The first-order valence-electron chi connectivity index (χ1n) is 7.64. The first kappa shape index (κ1) is 16.0. The van der Waals surface area contributed by atoms with Crippen molar-refractivity contribution in [3.63, 3.8) is 0 Å². The maximum absolute atomic E-state index is 11.4. The first-order chi connectivity index (χ1) is 9.99. The fraction of sp³-hybridized carbons (Fsp3) is 0.588. The van der Waals surface area contributed by atoms with Crippen molar-refractivity contribution < 1.29 is 14.6 Å². The van der Waals surface area contributed by atoms with Gasteiger partial charge < -0.3 is 9.84 Å². The van der Waals surface area contributed by atoms with Crippen molar-refractivity contribution in [2.45, 2.75) is 39.3 Å². The van der Waals surface area contributed by atoms with E-state index in [1.54, 1.807) is 0 Å². The lowest BCUT2D eigenvalue weighted by atomic mass is 9.98. The molecule has 2 rings (SSSR count). The summed E-state index contributed by atoms with van der Waals surface area (Å²) in [6, 6.07) is 8.09. The lowest BCUT2D eigenvalue weighted by Gasteiger charge is -2.37. The van der Waals surface area contributed by atoms with Crippen molar-refractivity contribution >= 4 is 5.97 Å². The van der Waals surface area contributed by atoms with Gasteiger partial charge in [0.1, 0.15) is 6.04 Å². The molecule has 4 nitrogen and oxygen atoms in total. The molecule has 2 unspecified atom stereocenters. The number of aliphatic carboxylic acids is 1. The van der Waals surface area contributed by atoms with Gasteiger partial charge in [-0.15, -0.1) is 0 Å². The zero-order chi connectivity index (χ0) is 15.4. The first-order valence-corrected chi connectivity index (χ1v) is 7.64. The number of hydrogen-bond acceptors (Lipinski definition) is 3. The van der Waals surface area contributed by atoms with Crippen LogP contribution in [0.2, 0.25) is 0 Å². The van der Waals surface area contributed by atoms with Gasteiger partial charge in [0, 0.05) is 12.6 Å². The molecular formula is C17H25NO3. The molecule has 1 aliphatic rings. The molecule has 0 bridgehead atoms. The molecule has 116 valence electrons. The van der Waals surface area contributed by atoms with Gasteiger partial charge in [0.25, 0.3) is 0 Å². The maximum Gasteiger partial charge on any atom is 0.323 e. The number of morpholine rings is 1. The van der Waals surface area contributed by atoms with Crippen LogP contribution in [0.15, 0.2) is 24.3 Å². The van der Waals surface area contributed by atoms with Crippen molar-refractivity contribution in [2.75, 3.05) is 19.8 Å². The van der Waals surface area contributed by atoms with Crippen molar-refractivity contribution in [2.24, 2.45) is 5.92 Å². The van der Waals surface area contributed by atoms with Gasteiger partial charge in [-0.2, -0.15) is 0 Å². The van der Waals surface area contributed by atoms with Crippen LogP contribution in [-0.2, 0) is 16.0 Å². The Morgan fingerprint density at radius 3 is 2.57 bits per heavy atom. The van der Waals surface area contributed by atoms with Gasteiger partial charge in [0.2, 0.25) is 0 Å². The fourth-order valence-corrected chi connectivity index (χ4v) is 2.89. The van der Waals surface area contributed by atoms with Crippen molar-refractivity contribution in [1.29, 1.82) is 0 Å². The third kappa shape index (κ3) is 4.05. The van der Waals surface area contributed by atoms with E-state index in [4.69, 9.17) is 4.74 Å². The summed E-state index contributed by atoms with van der Waals surface area (Å²) in [4.78, 5) is 13.4.